The van der Waals surface area contributed by atoms with Crippen molar-refractivity contribution in [1.82, 2.24) is 0 Å². The van der Waals surface area contributed by atoms with Gasteiger partial charge in [-0.1, -0.05) is 45.4 Å². The Morgan fingerprint density at radius 3 is 2.04 bits per heavy atom. The fraction of sp³-hybridized carbons (Fsp3) is 0.895. The second-order valence-electron chi connectivity index (χ2n) is 6.04. The highest BCUT2D eigenvalue weighted by Crippen LogP contribution is 2.32. The van der Waals surface area contributed by atoms with Crippen molar-refractivity contribution < 1.29 is 18.9 Å². The van der Waals surface area contributed by atoms with Gasteiger partial charge in [-0.05, 0) is 25.3 Å². The monoisotopic (exact) mass is 362 g/mol. The minimum absolute atomic E-state index is 0.195. The third-order valence-electron chi connectivity index (χ3n) is 4.37. The molecule has 0 heterocycles. The molecule has 1 unspecified atom stereocenters. The molecular weight excluding hydrogens is 324 g/mol. The van der Waals surface area contributed by atoms with Crippen LogP contribution in [-0.4, -0.2) is 39.7 Å². The van der Waals surface area contributed by atoms with E-state index in [1.165, 1.54) is 38.5 Å². The predicted octanol–water partition coefficient (Wildman–Crippen LogP) is 5.19. The van der Waals surface area contributed by atoms with Gasteiger partial charge in [0.2, 0.25) is 0 Å². The average molecular weight is 363 g/mol. The molecule has 0 spiro atoms. The summed E-state index contributed by atoms with van der Waals surface area (Å²) >= 11 is 4.11. The Morgan fingerprint density at radius 2 is 1.46 bits per heavy atom. The molecule has 0 aromatic rings. The van der Waals surface area contributed by atoms with Gasteiger partial charge in [-0.3, -0.25) is 0 Å². The maximum Gasteiger partial charge on any atom is 0.285 e. The molecule has 0 N–H and O–H groups in total. The topological polar surface area (TPSA) is 36.9 Å². The van der Waals surface area contributed by atoms with Gasteiger partial charge in [0.05, 0.1) is 12.9 Å². The minimum Gasteiger partial charge on any atom is -0.502 e. The fourth-order valence-corrected chi connectivity index (χ4v) is 3.10. The lowest BCUT2D eigenvalue weighted by molar-refractivity contribution is -0.380. The van der Waals surface area contributed by atoms with Gasteiger partial charge in [0.25, 0.3) is 5.97 Å². The molecule has 0 aliphatic carbocycles. The quantitative estimate of drug-likeness (QED) is 0.167. The number of rotatable bonds is 17. The van der Waals surface area contributed by atoms with Gasteiger partial charge >= 0.3 is 0 Å². The first-order valence-corrected chi connectivity index (χ1v) is 9.86. The van der Waals surface area contributed by atoms with Gasteiger partial charge in [0, 0.05) is 33.0 Å². The van der Waals surface area contributed by atoms with Crippen molar-refractivity contribution in [1.29, 1.82) is 0 Å². The number of thiol groups is 1. The van der Waals surface area contributed by atoms with E-state index in [0.29, 0.717) is 12.4 Å². The number of hydrogen-bond donors (Lipinski definition) is 1. The van der Waals surface area contributed by atoms with Crippen molar-refractivity contribution >= 4 is 12.6 Å². The molecule has 4 nitrogen and oxygen atoms in total. The molecule has 0 aliphatic heterocycles. The van der Waals surface area contributed by atoms with Crippen molar-refractivity contribution in [3.8, 4) is 0 Å². The molecule has 24 heavy (non-hydrogen) atoms. The Bertz CT molecular complexity index is 285. The second-order valence-corrected chi connectivity index (χ2v) is 6.40. The van der Waals surface area contributed by atoms with E-state index in [1.807, 2.05) is 6.08 Å². The van der Waals surface area contributed by atoms with Crippen LogP contribution < -0.4 is 0 Å². The van der Waals surface area contributed by atoms with Crippen LogP contribution in [0.15, 0.2) is 12.3 Å². The Balaban J connectivity index is 4.35. The zero-order chi connectivity index (χ0) is 18.1. The van der Waals surface area contributed by atoms with Crippen LogP contribution in [0.5, 0.6) is 0 Å². The summed E-state index contributed by atoms with van der Waals surface area (Å²) in [6.07, 6.45) is 14.2. The van der Waals surface area contributed by atoms with Crippen molar-refractivity contribution in [2.75, 3.05) is 33.7 Å². The highest BCUT2D eigenvalue weighted by molar-refractivity contribution is 7.80. The zero-order valence-electron chi connectivity index (χ0n) is 16.1. The van der Waals surface area contributed by atoms with Crippen LogP contribution in [0.3, 0.4) is 0 Å². The number of methoxy groups -OCH3 is 3. The van der Waals surface area contributed by atoms with E-state index in [-0.39, 0.29) is 5.92 Å². The fourth-order valence-electron chi connectivity index (χ4n) is 3.01. The molecular formula is C19H38O4S. The van der Waals surface area contributed by atoms with Crippen LogP contribution >= 0.6 is 12.6 Å². The van der Waals surface area contributed by atoms with E-state index in [2.05, 4.69) is 19.6 Å². The smallest absolute Gasteiger partial charge is 0.285 e. The average Bonchev–Trinajstić information content (AvgIpc) is 2.62. The summed E-state index contributed by atoms with van der Waals surface area (Å²) in [5, 5.41) is 0. The minimum atomic E-state index is -0.954. The summed E-state index contributed by atoms with van der Waals surface area (Å²) in [5.74, 6) is -0.0633. The molecule has 5 heteroatoms. The van der Waals surface area contributed by atoms with E-state index in [0.717, 1.165) is 19.3 Å². The first-order valence-electron chi connectivity index (χ1n) is 9.23. The molecule has 0 rings (SSSR count). The molecule has 0 radical (unpaired) electrons. The molecule has 0 bridgehead atoms. The maximum atomic E-state index is 5.58. The molecule has 0 amide bonds. The number of ether oxygens (including phenoxy) is 4. The Hall–Kier alpha value is -0.230. The number of unbranched alkanes of at least 4 members (excludes halogenated alkanes) is 5. The SMILES string of the molecule is CCCCCCCCC(CCCOC=CCS)C(OC)(OC)OC. The van der Waals surface area contributed by atoms with Gasteiger partial charge in [0.15, 0.2) is 0 Å². The third kappa shape index (κ3) is 9.92. The van der Waals surface area contributed by atoms with Crippen molar-refractivity contribution in [3.63, 3.8) is 0 Å². The van der Waals surface area contributed by atoms with Gasteiger partial charge in [-0.25, -0.2) is 0 Å². The second kappa shape index (κ2) is 16.2. The first kappa shape index (κ1) is 23.8. The Morgan fingerprint density at radius 1 is 0.875 bits per heavy atom. The standard InChI is InChI=1S/C19H38O4S/c1-5-6-7-8-9-10-13-18(19(20-2,21-3)22-4)14-11-15-23-16-12-17-24/h12,16,18,24H,5-11,13-15,17H2,1-4H3. The highest BCUT2D eigenvalue weighted by atomic mass is 32.1. The molecule has 0 aromatic heterocycles. The van der Waals surface area contributed by atoms with E-state index in [9.17, 15) is 0 Å². The van der Waals surface area contributed by atoms with E-state index >= 15 is 0 Å². The summed E-state index contributed by atoms with van der Waals surface area (Å²) in [5.41, 5.74) is 0. The maximum absolute atomic E-state index is 5.58. The molecule has 144 valence electrons. The van der Waals surface area contributed by atoms with Crippen LogP contribution in [0.2, 0.25) is 0 Å². The summed E-state index contributed by atoms with van der Waals surface area (Å²) < 4.78 is 22.2. The van der Waals surface area contributed by atoms with Gasteiger partial charge in [-0.15, -0.1) is 0 Å². The normalized spacial score (nSPS) is 13.5. The van der Waals surface area contributed by atoms with Crippen LogP contribution in [0.4, 0.5) is 0 Å². The van der Waals surface area contributed by atoms with Crippen LogP contribution in [0.25, 0.3) is 0 Å². The molecule has 0 aliphatic rings. The first-order chi connectivity index (χ1) is 11.7. The van der Waals surface area contributed by atoms with E-state index < -0.39 is 5.97 Å². The Labute approximate surface area is 154 Å². The summed E-state index contributed by atoms with van der Waals surface area (Å²) in [6, 6.07) is 0. The summed E-state index contributed by atoms with van der Waals surface area (Å²) in [7, 11) is 4.94. The highest BCUT2D eigenvalue weighted by Gasteiger charge is 2.39. The van der Waals surface area contributed by atoms with Gasteiger partial charge < -0.3 is 18.9 Å². The largest absolute Gasteiger partial charge is 0.502 e. The van der Waals surface area contributed by atoms with Crippen LogP contribution in [0, 0.1) is 5.92 Å². The molecule has 0 saturated heterocycles. The third-order valence-corrected chi connectivity index (χ3v) is 4.58. The van der Waals surface area contributed by atoms with Crippen LogP contribution in [-0.2, 0) is 18.9 Å². The van der Waals surface area contributed by atoms with Gasteiger partial charge in [0.1, 0.15) is 0 Å². The Kier molecular flexibility index (Phi) is 16.1. The lowest BCUT2D eigenvalue weighted by Gasteiger charge is -2.36. The zero-order valence-corrected chi connectivity index (χ0v) is 17.0. The number of hydrogen-bond acceptors (Lipinski definition) is 5. The van der Waals surface area contributed by atoms with Crippen molar-refractivity contribution in [3.05, 3.63) is 12.3 Å². The lowest BCUT2D eigenvalue weighted by atomic mass is 9.93. The predicted molar refractivity (Wildman–Crippen MR) is 103 cm³/mol. The van der Waals surface area contributed by atoms with E-state index in [1.54, 1.807) is 27.6 Å². The van der Waals surface area contributed by atoms with Gasteiger partial charge in [-0.2, -0.15) is 12.6 Å². The molecule has 0 aromatic carbocycles. The van der Waals surface area contributed by atoms with Crippen molar-refractivity contribution in [2.24, 2.45) is 5.92 Å². The van der Waals surface area contributed by atoms with E-state index in [4.69, 9.17) is 18.9 Å². The van der Waals surface area contributed by atoms with Crippen LogP contribution in [0.1, 0.15) is 64.7 Å². The molecule has 0 saturated carbocycles. The molecule has 0 fully saturated rings. The summed E-state index contributed by atoms with van der Waals surface area (Å²) in [6.45, 7) is 2.93. The lowest BCUT2D eigenvalue weighted by Crippen LogP contribution is -2.44. The molecule has 1 atom stereocenters. The summed E-state index contributed by atoms with van der Waals surface area (Å²) in [4.78, 5) is 0. The van der Waals surface area contributed by atoms with Crippen molar-refractivity contribution in [2.45, 2.75) is 70.7 Å².